The van der Waals surface area contributed by atoms with E-state index in [1.54, 1.807) is 49.4 Å². The third-order valence-corrected chi connectivity index (χ3v) is 8.82. The van der Waals surface area contributed by atoms with Gasteiger partial charge in [0.15, 0.2) is 5.16 Å². The van der Waals surface area contributed by atoms with Crippen LogP contribution in [0.15, 0.2) is 89.0 Å². The van der Waals surface area contributed by atoms with Gasteiger partial charge in [0.05, 0.1) is 42.0 Å². The molecule has 1 aliphatic rings. The number of esters is 1. The summed E-state index contributed by atoms with van der Waals surface area (Å²) in [4.78, 5) is 33.1. The van der Waals surface area contributed by atoms with Gasteiger partial charge >= 0.3 is 5.97 Å². The van der Waals surface area contributed by atoms with E-state index in [4.69, 9.17) is 16.3 Å². The lowest BCUT2D eigenvalue weighted by Crippen LogP contribution is -2.34. The molecule has 0 atom stereocenters. The third kappa shape index (κ3) is 5.81. The van der Waals surface area contributed by atoms with Gasteiger partial charge in [-0.3, -0.25) is 9.10 Å². The molecule has 0 fully saturated rings. The van der Waals surface area contributed by atoms with E-state index in [1.165, 1.54) is 10.5 Å². The number of carbonyl (C=O) groups excluding carboxylic acids is 2. The summed E-state index contributed by atoms with van der Waals surface area (Å²) >= 11 is 7.36. The van der Waals surface area contributed by atoms with E-state index in [-0.39, 0.29) is 40.6 Å². The summed E-state index contributed by atoms with van der Waals surface area (Å²) in [5, 5.41) is 3.43. The Morgan fingerprint density at radius 2 is 1.80 bits per heavy atom. The first-order valence-corrected chi connectivity index (χ1v) is 15.0. The van der Waals surface area contributed by atoms with Crippen LogP contribution in [-0.4, -0.2) is 42.6 Å². The highest BCUT2D eigenvalue weighted by molar-refractivity contribution is 7.99. The average molecular weight is 595 g/mol. The minimum atomic E-state index is -3.97. The monoisotopic (exact) mass is 594 g/mol. The van der Waals surface area contributed by atoms with E-state index in [9.17, 15) is 18.0 Å². The largest absolute Gasteiger partial charge is 0.462 e. The van der Waals surface area contributed by atoms with Gasteiger partial charge in [-0.2, -0.15) is 0 Å². The van der Waals surface area contributed by atoms with Crippen LogP contribution in [0, 0.1) is 0 Å². The molecule has 3 aromatic carbocycles. The van der Waals surface area contributed by atoms with E-state index in [0.29, 0.717) is 27.5 Å². The van der Waals surface area contributed by atoms with E-state index < -0.39 is 16.0 Å². The number of benzene rings is 3. The van der Waals surface area contributed by atoms with E-state index in [1.807, 2.05) is 30.3 Å². The molecule has 0 saturated carbocycles. The number of halogens is 1. The van der Waals surface area contributed by atoms with Crippen molar-refractivity contribution >= 4 is 56.6 Å². The van der Waals surface area contributed by atoms with Gasteiger partial charge in [-0.05, 0) is 55.0 Å². The molecule has 0 radical (unpaired) electrons. The number of anilines is 2. The number of nitrogens with one attached hydrogen (secondary N) is 1. The number of rotatable bonds is 8. The predicted molar refractivity (Wildman–Crippen MR) is 154 cm³/mol. The van der Waals surface area contributed by atoms with Crippen LogP contribution in [0.3, 0.4) is 0 Å². The molecule has 40 heavy (non-hydrogen) atoms. The molecule has 1 N–H and O–H groups in total. The second-order valence-electron chi connectivity index (χ2n) is 8.66. The van der Waals surface area contributed by atoms with Crippen LogP contribution in [0.1, 0.15) is 22.8 Å². The van der Waals surface area contributed by atoms with Crippen LogP contribution >= 0.6 is 23.4 Å². The molecule has 0 aliphatic carbocycles. The topological polar surface area (TPSA) is 119 Å². The van der Waals surface area contributed by atoms with Gasteiger partial charge in [-0.15, -0.1) is 0 Å². The Bertz CT molecular complexity index is 1680. The molecular formula is C28H23ClN4O5S2. The molecule has 0 spiro atoms. The van der Waals surface area contributed by atoms with Crippen molar-refractivity contribution in [2.24, 2.45) is 0 Å². The van der Waals surface area contributed by atoms with Crippen LogP contribution in [0.5, 0.6) is 0 Å². The fraction of sp³-hybridized carbons (Fsp3) is 0.143. The summed E-state index contributed by atoms with van der Waals surface area (Å²) in [6.45, 7) is 2.13. The van der Waals surface area contributed by atoms with Crippen molar-refractivity contribution < 1.29 is 22.7 Å². The van der Waals surface area contributed by atoms with Crippen LogP contribution in [0.4, 0.5) is 11.4 Å². The number of aromatic nitrogens is 2. The molecule has 1 amide bonds. The zero-order valence-electron chi connectivity index (χ0n) is 21.2. The van der Waals surface area contributed by atoms with Crippen molar-refractivity contribution in [1.82, 2.24) is 9.97 Å². The molecule has 4 aromatic rings. The number of hydrogen-bond donors (Lipinski definition) is 1. The minimum absolute atomic E-state index is 0.0201. The summed E-state index contributed by atoms with van der Waals surface area (Å²) in [7, 11) is -3.97. The summed E-state index contributed by atoms with van der Waals surface area (Å²) in [6.07, 6.45) is 1.27. The summed E-state index contributed by atoms with van der Waals surface area (Å²) in [5.74, 6) is -0.776. The smallest absolute Gasteiger partial charge is 0.338 e. The number of carbonyl (C=O) groups is 2. The van der Waals surface area contributed by atoms with Gasteiger partial charge in [-0.1, -0.05) is 53.7 Å². The third-order valence-electron chi connectivity index (χ3n) is 5.96. The Balaban J connectivity index is 1.35. The van der Waals surface area contributed by atoms with Gasteiger partial charge in [0.25, 0.3) is 10.0 Å². The van der Waals surface area contributed by atoms with Gasteiger partial charge in [0.2, 0.25) is 5.91 Å². The van der Waals surface area contributed by atoms with E-state index in [2.05, 4.69) is 15.3 Å². The second-order valence-corrected chi connectivity index (χ2v) is 11.9. The van der Waals surface area contributed by atoms with Crippen molar-refractivity contribution in [1.29, 1.82) is 0 Å². The summed E-state index contributed by atoms with van der Waals surface area (Å²) in [5.41, 5.74) is 2.97. The Morgan fingerprint density at radius 1 is 1.05 bits per heavy atom. The molecule has 9 nitrogen and oxygen atoms in total. The first-order chi connectivity index (χ1) is 19.3. The highest BCUT2D eigenvalue weighted by atomic mass is 35.5. The maximum Gasteiger partial charge on any atom is 0.338 e. The van der Waals surface area contributed by atoms with Gasteiger partial charge in [0, 0.05) is 16.3 Å². The zero-order valence-corrected chi connectivity index (χ0v) is 23.6. The van der Waals surface area contributed by atoms with Crippen molar-refractivity contribution in [3.8, 4) is 11.3 Å². The Morgan fingerprint density at radius 3 is 2.52 bits per heavy atom. The molecule has 204 valence electrons. The number of sulfonamides is 1. The highest BCUT2D eigenvalue weighted by Crippen LogP contribution is 2.44. The standard InChI is InChI=1S/C28H23ClN4O5S2/c1-2-38-27(35)19-8-11-21(12-9-19)31-25(34)17-39-28-30-15-24-26(32-28)22-14-20(29)10-13-23(22)33(40(24,36)37)16-18-6-4-3-5-7-18/h3-15H,2,16-17H2,1H3,(H,31,34). The van der Waals surface area contributed by atoms with Crippen molar-refractivity contribution in [2.75, 3.05) is 22.0 Å². The fourth-order valence-electron chi connectivity index (χ4n) is 4.12. The number of hydrogen-bond acceptors (Lipinski definition) is 8. The molecule has 1 aromatic heterocycles. The average Bonchev–Trinajstić information content (AvgIpc) is 2.95. The molecular weight excluding hydrogens is 572 g/mol. The lowest BCUT2D eigenvalue weighted by molar-refractivity contribution is -0.113. The van der Waals surface area contributed by atoms with E-state index >= 15 is 0 Å². The molecule has 2 heterocycles. The Hall–Kier alpha value is -3.93. The maximum absolute atomic E-state index is 13.7. The van der Waals surface area contributed by atoms with Gasteiger partial charge in [0.1, 0.15) is 4.90 Å². The molecule has 0 saturated heterocycles. The zero-order chi connectivity index (χ0) is 28.3. The number of ether oxygens (including phenoxy) is 1. The quantitative estimate of drug-likeness (QED) is 0.163. The Kier molecular flexibility index (Phi) is 8.06. The van der Waals surface area contributed by atoms with Gasteiger partial charge in [-0.25, -0.2) is 23.2 Å². The van der Waals surface area contributed by atoms with E-state index in [0.717, 1.165) is 17.3 Å². The van der Waals surface area contributed by atoms with Crippen molar-refractivity contribution in [2.45, 2.75) is 23.5 Å². The summed E-state index contributed by atoms with van der Waals surface area (Å²) in [6, 6.07) is 20.6. The first kappa shape index (κ1) is 27.6. The van der Waals surface area contributed by atoms with Gasteiger partial charge < -0.3 is 10.1 Å². The molecule has 0 unspecified atom stereocenters. The van der Waals surface area contributed by atoms with Crippen LogP contribution in [0.2, 0.25) is 5.02 Å². The number of fused-ring (bicyclic) bond motifs is 3. The minimum Gasteiger partial charge on any atom is -0.462 e. The maximum atomic E-state index is 13.7. The predicted octanol–water partition coefficient (Wildman–Crippen LogP) is 5.41. The van der Waals surface area contributed by atoms with Crippen LogP contribution < -0.4 is 9.62 Å². The number of thioether (sulfide) groups is 1. The lowest BCUT2D eigenvalue weighted by atomic mass is 10.1. The van der Waals surface area contributed by atoms with Crippen LogP contribution in [0.25, 0.3) is 11.3 Å². The lowest BCUT2D eigenvalue weighted by Gasteiger charge is -2.31. The van der Waals surface area contributed by atoms with Crippen molar-refractivity contribution in [3.05, 3.63) is 95.1 Å². The number of amides is 1. The fourth-order valence-corrected chi connectivity index (χ4v) is 6.47. The normalized spacial score (nSPS) is 13.2. The molecule has 1 aliphatic heterocycles. The number of nitrogens with zero attached hydrogens (tertiary/aromatic N) is 3. The SMILES string of the molecule is CCOC(=O)c1ccc(NC(=O)CSc2ncc3c(n2)-c2cc(Cl)ccc2N(Cc2ccccc2)S3(=O)=O)cc1. The highest BCUT2D eigenvalue weighted by Gasteiger charge is 2.37. The summed E-state index contributed by atoms with van der Waals surface area (Å²) < 4.78 is 33.6. The molecule has 0 bridgehead atoms. The molecule has 12 heteroatoms. The Labute approximate surface area is 240 Å². The van der Waals surface area contributed by atoms with Crippen molar-refractivity contribution in [3.63, 3.8) is 0 Å². The first-order valence-electron chi connectivity index (χ1n) is 12.2. The van der Waals surface area contributed by atoms with Crippen LogP contribution in [-0.2, 0) is 26.1 Å². The second kappa shape index (κ2) is 11.7. The molecule has 5 rings (SSSR count).